The largest absolute Gasteiger partial charge is 0.343 e. The van der Waals surface area contributed by atoms with E-state index in [2.05, 4.69) is 10.3 Å². The van der Waals surface area contributed by atoms with Gasteiger partial charge in [0.05, 0.1) is 10.6 Å². The Kier molecular flexibility index (Phi) is 4.49. The molecule has 0 aliphatic heterocycles. The summed E-state index contributed by atoms with van der Waals surface area (Å²) >= 11 is 2.93. The van der Waals surface area contributed by atoms with Gasteiger partial charge in [0, 0.05) is 12.3 Å². The van der Waals surface area contributed by atoms with Gasteiger partial charge in [-0.2, -0.15) is 0 Å². The zero-order valence-corrected chi connectivity index (χ0v) is 13.7. The molecule has 118 valence electrons. The quantitative estimate of drug-likeness (QED) is 0.759. The Morgan fingerprint density at radius 2 is 2.04 bits per heavy atom. The highest BCUT2D eigenvalue weighted by Gasteiger charge is 2.21. The van der Waals surface area contributed by atoms with Gasteiger partial charge in [0.2, 0.25) is 5.91 Å². The molecule has 1 aromatic carbocycles. The van der Waals surface area contributed by atoms with E-state index in [1.54, 1.807) is 11.3 Å². The van der Waals surface area contributed by atoms with Crippen LogP contribution in [0.25, 0.3) is 10.6 Å². The van der Waals surface area contributed by atoms with E-state index in [0.717, 1.165) is 22.7 Å². The molecule has 7 heteroatoms. The fourth-order valence-electron chi connectivity index (χ4n) is 2.14. The summed E-state index contributed by atoms with van der Waals surface area (Å²) < 4.78 is 26.7. The maximum absolute atomic E-state index is 13.5. The van der Waals surface area contributed by atoms with Crippen LogP contribution in [0.15, 0.2) is 41.1 Å². The monoisotopic (exact) mass is 350 g/mol. The first kappa shape index (κ1) is 15.8. The maximum Gasteiger partial charge on any atom is 0.217 e. The standard InChI is InChI=1S/C16H12F2N2OS2/c1-9(21)19-15(10-4-5-11(17)12(18)7-10)16-20-13(8-23-16)14-3-2-6-22-14/h2-8,15H,1H3,(H,19,21). The average Bonchev–Trinajstić information content (AvgIpc) is 3.18. The maximum atomic E-state index is 13.5. The number of nitrogens with zero attached hydrogens (tertiary/aromatic N) is 1. The van der Waals surface area contributed by atoms with E-state index >= 15 is 0 Å². The Morgan fingerprint density at radius 3 is 2.70 bits per heavy atom. The van der Waals surface area contributed by atoms with Crippen LogP contribution < -0.4 is 5.32 Å². The van der Waals surface area contributed by atoms with Crippen molar-refractivity contribution in [1.29, 1.82) is 0 Å². The van der Waals surface area contributed by atoms with Crippen molar-refractivity contribution in [3.05, 3.63) is 63.3 Å². The summed E-state index contributed by atoms with van der Waals surface area (Å²) in [5.74, 6) is -2.14. The fraction of sp³-hybridized carbons (Fsp3) is 0.125. The van der Waals surface area contributed by atoms with Crippen molar-refractivity contribution >= 4 is 28.6 Å². The molecular formula is C16H12F2N2OS2. The van der Waals surface area contributed by atoms with Gasteiger partial charge < -0.3 is 5.32 Å². The second kappa shape index (κ2) is 6.55. The summed E-state index contributed by atoms with van der Waals surface area (Å²) in [6, 6.07) is 6.86. The first-order valence-electron chi connectivity index (χ1n) is 6.76. The van der Waals surface area contributed by atoms with Gasteiger partial charge in [-0.05, 0) is 29.1 Å². The summed E-state index contributed by atoms with van der Waals surface area (Å²) in [6.07, 6.45) is 0. The molecule has 0 saturated carbocycles. The van der Waals surface area contributed by atoms with E-state index in [0.29, 0.717) is 10.6 Å². The molecular weight excluding hydrogens is 338 g/mol. The van der Waals surface area contributed by atoms with E-state index in [9.17, 15) is 13.6 Å². The minimum Gasteiger partial charge on any atom is -0.343 e. The number of halogens is 2. The zero-order valence-electron chi connectivity index (χ0n) is 12.0. The molecule has 0 spiro atoms. The molecule has 0 fully saturated rings. The second-order valence-electron chi connectivity index (χ2n) is 4.86. The summed E-state index contributed by atoms with van der Waals surface area (Å²) in [4.78, 5) is 17.0. The smallest absolute Gasteiger partial charge is 0.217 e. The lowest BCUT2D eigenvalue weighted by Gasteiger charge is -2.16. The highest BCUT2D eigenvalue weighted by atomic mass is 32.1. The summed E-state index contributed by atoms with van der Waals surface area (Å²) in [5, 5.41) is 7.20. The predicted molar refractivity (Wildman–Crippen MR) is 87.4 cm³/mol. The molecule has 0 radical (unpaired) electrons. The van der Waals surface area contributed by atoms with Crippen molar-refractivity contribution in [3.63, 3.8) is 0 Å². The molecule has 2 aromatic heterocycles. The third kappa shape index (κ3) is 3.46. The molecule has 2 heterocycles. The highest BCUT2D eigenvalue weighted by molar-refractivity contribution is 7.14. The minimum absolute atomic E-state index is 0.271. The average molecular weight is 350 g/mol. The highest BCUT2D eigenvalue weighted by Crippen LogP contribution is 2.31. The van der Waals surface area contributed by atoms with Crippen LogP contribution in [0, 0.1) is 11.6 Å². The fourth-order valence-corrected chi connectivity index (χ4v) is 3.80. The summed E-state index contributed by atoms with van der Waals surface area (Å²) in [7, 11) is 0. The van der Waals surface area contributed by atoms with E-state index in [1.807, 2.05) is 22.9 Å². The molecule has 0 bridgehead atoms. The van der Waals surface area contributed by atoms with Crippen molar-refractivity contribution < 1.29 is 13.6 Å². The molecule has 23 heavy (non-hydrogen) atoms. The Bertz CT molecular complexity index is 830. The van der Waals surface area contributed by atoms with E-state index < -0.39 is 17.7 Å². The van der Waals surface area contributed by atoms with Crippen LogP contribution in [0.3, 0.4) is 0 Å². The van der Waals surface area contributed by atoms with Crippen LogP contribution >= 0.6 is 22.7 Å². The molecule has 3 nitrogen and oxygen atoms in total. The summed E-state index contributed by atoms with van der Waals surface area (Å²) in [5.41, 5.74) is 1.25. The number of nitrogens with one attached hydrogen (secondary N) is 1. The van der Waals surface area contributed by atoms with Crippen molar-refractivity contribution in [2.24, 2.45) is 0 Å². The Balaban J connectivity index is 1.99. The van der Waals surface area contributed by atoms with Gasteiger partial charge in [-0.1, -0.05) is 12.1 Å². The molecule has 1 atom stereocenters. The lowest BCUT2D eigenvalue weighted by atomic mass is 10.1. The first-order valence-corrected chi connectivity index (χ1v) is 8.52. The number of thiophene rings is 1. The van der Waals surface area contributed by atoms with Crippen molar-refractivity contribution in [2.45, 2.75) is 13.0 Å². The van der Waals surface area contributed by atoms with Gasteiger partial charge in [-0.15, -0.1) is 22.7 Å². The molecule has 0 aliphatic rings. The number of aromatic nitrogens is 1. The first-order chi connectivity index (χ1) is 11.0. The SMILES string of the molecule is CC(=O)NC(c1ccc(F)c(F)c1)c1nc(-c2cccs2)cs1. The number of carbonyl (C=O) groups excluding carboxylic acids is 1. The van der Waals surface area contributed by atoms with Crippen LogP contribution in [0.4, 0.5) is 8.78 Å². The molecule has 3 aromatic rings. The Morgan fingerprint density at radius 1 is 1.22 bits per heavy atom. The normalized spacial score (nSPS) is 12.1. The lowest BCUT2D eigenvalue weighted by Crippen LogP contribution is -2.27. The topological polar surface area (TPSA) is 42.0 Å². The predicted octanol–water partition coefficient (Wildman–Crippen LogP) is 4.38. The van der Waals surface area contributed by atoms with Gasteiger partial charge in [0.1, 0.15) is 11.0 Å². The Labute approximate surface area is 139 Å². The van der Waals surface area contributed by atoms with Crippen LogP contribution in [0.1, 0.15) is 23.5 Å². The third-order valence-corrected chi connectivity index (χ3v) is 4.97. The van der Waals surface area contributed by atoms with Gasteiger partial charge in [-0.3, -0.25) is 4.79 Å². The van der Waals surface area contributed by atoms with Crippen molar-refractivity contribution in [1.82, 2.24) is 10.3 Å². The number of hydrogen-bond donors (Lipinski definition) is 1. The molecule has 1 amide bonds. The van der Waals surface area contributed by atoms with Crippen LogP contribution in [0.2, 0.25) is 0 Å². The number of rotatable bonds is 4. The van der Waals surface area contributed by atoms with Crippen LogP contribution in [0.5, 0.6) is 0 Å². The molecule has 1 unspecified atom stereocenters. The van der Waals surface area contributed by atoms with Gasteiger partial charge in [0.25, 0.3) is 0 Å². The number of carbonyl (C=O) groups is 1. The molecule has 0 saturated heterocycles. The number of hydrogen-bond acceptors (Lipinski definition) is 4. The van der Waals surface area contributed by atoms with Gasteiger partial charge in [-0.25, -0.2) is 13.8 Å². The van der Waals surface area contributed by atoms with E-state index in [4.69, 9.17) is 0 Å². The lowest BCUT2D eigenvalue weighted by molar-refractivity contribution is -0.119. The number of amides is 1. The zero-order chi connectivity index (χ0) is 16.4. The number of benzene rings is 1. The third-order valence-electron chi connectivity index (χ3n) is 3.17. The minimum atomic E-state index is -0.951. The van der Waals surface area contributed by atoms with Crippen LogP contribution in [-0.2, 0) is 4.79 Å². The molecule has 0 aliphatic carbocycles. The van der Waals surface area contributed by atoms with E-state index in [1.165, 1.54) is 24.3 Å². The second-order valence-corrected chi connectivity index (χ2v) is 6.69. The number of thiazole rings is 1. The van der Waals surface area contributed by atoms with Crippen molar-refractivity contribution in [2.75, 3.05) is 0 Å². The molecule has 1 N–H and O–H groups in total. The van der Waals surface area contributed by atoms with Crippen molar-refractivity contribution in [3.8, 4) is 10.6 Å². The van der Waals surface area contributed by atoms with Crippen LogP contribution in [-0.4, -0.2) is 10.9 Å². The van der Waals surface area contributed by atoms with Gasteiger partial charge in [0.15, 0.2) is 11.6 Å². The summed E-state index contributed by atoms with van der Waals surface area (Å²) in [6.45, 7) is 1.38. The van der Waals surface area contributed by atoms with Gasteiger partial charge >= 0.3 is 0 Å². The van der Waals surface area contributed by atoms with E-state index in [-0.39, 0.29) is 5.91 Å². The molecule has 3 rings (SSSR count). The Hall–Kier alpha value is -2.12.